The van der Waals surface area contributed by atoms with E-state index in [9.17, 15) is 0 Å². The van der Waals surface area contributed by atoms with Gasteiger partial charge in [0.05, 0.1) is 7.11 Å². The van der Waals surface area contributed by atoms with Crippen molar-refractivity contribution in [2.24, 2.45) is 0 Å². The third kappa shape index (κ3) is 1.93. The normalized spacial score (nSPS) is 17.7. The fourth-order valence-corrected chi connectivity index (χ4v) is 2.33. The molecule has 1 atom stereocenters. The number of ether oxygens (including phenoxy) is 1. The first kappa shape index (κ1) is 11.1. The first-order valence-corrected chi connectivity index (χ1v) is 6.09. The summed E-state index contributed by atoms with van der Waals surface area (Å²) in [5.74, 6) is 0.905. The van der Waals surface area contributed by atoms with E-state index in [1.54, 1.807) is 7.11 Å². The van der Waals surface area contributed by atoms with E-state index in [0.29, 0.717) is 0 Å². The molecule has 0 radical (unpaired) electrons. The summed E-state index contributed by atoms with van der Waals surface area (Å²) in [5, 5.41) is 6.97. The zero-order chi connectivity index (χ0) is 12.4. The van der Waals surface area contributed by atoms with Crippen LogP contribution in [0.3, 0.4) is 0 Å². The standard InChI is InChI=1S/C15H16N2O/c1-18-14-9-5-3-7-12(14)15-16-10-11-6-2-4-8-13(11)17-15/h2-9,15-17H,10H2,1H3/t15-/m1/s1. The number of rotatable bonds is 2. The Hall–Kier alpha value is -2.00. The van der Waals surface area contributed by atoms with Gasteiger partial charge in [0.15, 0.2) is 0 Å². The third-order valence-electron chi connectivity index (χ3n) is 3.26. The molecular formula is C15H16N2O. The number of anilines is 1. The summed E-state index contributed by atoms with van der Waals surface area (Å²) in [6.45, 7) is 0.867. The van der Waals surface area contributed by atoms with Gasteiger partial charge in [0.25, 0.3) is 0 Å². The Balaban J connectivity index is 1.92. The fourth-order valence-electron chi connectivity index (χ4n) is 2.33. The molecule has 0 saturated carbocycles. The highest BCUT2D eigenvalue weighted by Crippen LogP contribution is 2.30. The molecule has 0 bridgehead atoms. The molecule has 2 aromatic carbocycles. The Morgan fingerprint density at radius 1 is 1.06 bits per heavy atom. The average Bonchev–Trinajstić information content (AvgIpc) is 2.46. The Bertz CT molecular complexity index is 554. The van der Waals surface area contributed by atoms with Crippen LogP contribution in [0, 0.1) is 0 Å². The van der Waals surface area contributed by atoms with Crippen molar-refractivity contribution >= 4 is 5.69 Å². The summed E-state index contributed by atoms with van der Waals surface area (Å²) < 4.78 is 5.41. The third-order valence-corrected chi connectivity index (χ3v) is 3.26. The van der Waals surface area contributed by atoms with Crippen LogP contribution >= 0.6 is 0 Å². The van der Waals surface area contributed by atoms with Crippen LogP contribution in [-0.4, -0.2) is 7.11 Å². The van der Waals surface area contributed by atoms with Gasteiger partial charge in [-0.25, -0.2) is 0 Å². The van der Waals surface area contributed by atoms with E-state index in [2.05, 4.69) is 41.0 Å². The summed E-state index contributed by atoms with van der Waals surface area (Å²) in [6.07, 6.45) is 0.0936. The van der Waals surface area contributed by atoms with Gasteiger partial charge in [-0.3, -0.25) is 5.32 Å². The van der Waals surface area contributed by atoms with Gasteiger partial charge in [0.1, 0.15) is 11.9 Å². The van der Waals surface area contributed by atoms with Gasteiger partial charge < -0.3 is 10.1 Å². The summed E-state index contributed by atoms with van der Waals surface area (Å²) in [6, 6.07) is 16.4. The summed E-state index contributed by atoms with van der Waals surface area (Å²) in [5.41, 5.74) is 3.62. The molecule has 0 amide bonds. The number of benzene rings is 2. The fraction of sp³-hybridized carbons (Fsp3) is 0.200. The SMILES string of the molecule is COc1ccccc1[C@@H]1NCc2ccccc2N1. The van der Waals surface area contributed by atoms with E-state index in [1.807, 2.05) is 18.2 Å². The van der Waals surface area contributed by atoms with Gasteiger partial charge in [0.2, 0.25) is 0 Å². The summed E-state index contributed by atoms with van der Waals surface area (Å²) >= 11 is 0. The van der Waals surface area contributed by atoms with E-state index in [4.69, 9.17) is 4.74 Å². The molecule has 3 nitrogen and oxygen atoms in total. The molecule has 0 saturated heterocycles. The molecule has 0 aromatic heterocycles. The number of hydrogen-bond donors (Lipinski definition) is 2. The van der Waals surface area contributed by atoms with Crippen molar-refractivity contribution in [2.75, 3.05) is 12.4 Å². The van der Waals surface area contributed by atoms with Gasteiger partial charge in [-0.2, -0.15) is 0 Å². The maximum absolute atomic E-state index is 5.41. The molecule has 92 valence electrons. The maximum Gasteiger partial charge on any atom is 0.125 e. The summed E-state index contributed by atoms with van der Waals surface area (Å²) in [7, 11) is 1.70. The zero-order valence-corrected chi connectivity index (χ0v) is 10.3. The lowest BCUT2D eigenvalue weighted by Crippen LogP contribution is -2.32. The van der Waals surface area contributed by atoms with Crippen LogP contribution < -0.4 is 15.4 Å². The minimum absolute atomic E-state index is 0.0936. The quantitative estimate of drug-likeness (QED) is 0.846. The van der Waals surface area contributed by atoms with Gasteiger partial charge in [-0.05, 0) is 17.7 Å². The van der Waals surface area contributed by atoms with Crippen LogP contribution in [0.1, 0.15) is 17.3 Å². The first-order valence-electron chi connectivity index (χ1n) is 6.09. The van der Waals surface area contributed by atoms with Crippen molar-refractivity contribution in [1.29, 1.82) is 0 Å². The van der Waals surface area contributed by atoms with E-state index in [0.717, 1.165) is 17.9 Å². The second-order valence-electron chi connectivity index (χ2n) is 4.36. The van der Waals surface area contributed by atoms with Crippen molar-refractivity contribution in [3.05, 3.63) is 59.7 Å². The van der Waals surface area contributed by atoms with Crippen LogP contribution in [0.25, 0.3) is 0 Å². The molecule has 2 aromatic rings. The molecule has 0 spiro atoms. The van der Waals surface area contributed by atoms with Crippen molar-refractivity contribution in [3.63, 3.8) is 0 Å². The van der Waals surface area contributed by atoms with E-state index < -0.39 is 0 Å². The van der Waals surface area contributed by atoms with E-state index >= 15 is 0 Å². The Kier molecular flexibility index (Phi) is 2.90. The molecular weight excluding hydrogens is 224 g/mol. The number of fused-ring (bicyclic) bond motifs is 1. The lowest BCUT2D eigenvalue weighted by Gasteiger charge is -2.29. The van der Waals surface area contributed by atoms with E-state index in [1.165, 1.54) is 11.3 Å². The molecule has 0 aliphatic carbocycles. The second kappa shape index (κ2) is 4.70. The Labute approximate surface area is 107 Å². The van der Waals surface area contributed by atoms with Crippen molar-refractivity contribution in [3.8, 4) is 5.75 Å². The average molecular weight is 240 g/mol. The number of nitrogens with one attached hydrogen (secondary N) is 2. The van der Waals surface area contributed by atoms with Crippen LogP contribution in [-0.2, 0) is 6.54 Å². The van der Waals surface area contributed by atoms with Crippen LogP contribution in [0.4, 0.5) is 5.69 Å². The minimum atomic E-state index is 0.0936. The van der Waals surface area contributed by atoms with Crippen LogP contribution in [0.2, 0.25) is 0 Å². The Morgan fingerprint density at radius 3 is 2.72 bits per heavy atom. The highest BCUT2D eigenvalue weighted by atomic mass is 16.5. The highest BCUT2D eigenvalue weighted by molar-refractivity contribution is 5.55. The second-order valence-corrected chi connectivity index (χ2v) is 4.36. The van der Waals surface area contributed by atoms with Crippen LogP contribution in [0.5, 0.6) is 5.75 Å². The molecule has 1 aliphatic rings. The zero-order valence-electron chi connectivity index (χ0n) is 10.3. The molecule has 18 heavy (non-hydrogen) atoms. The van der Waals surface area contributed by atoms with Crippen molar-refractivity contribution < 1.29 is 4.74 Å². The van der Waals surface area contributed by atoms with Gasteiger partial charge in [-0.1, -0.05) is 36.4 Å². The van der Waals surface area contributed by atoms with Gasteiger partial charge >= 0.3 is 0 Å². The van der Waals surface area contributed by atoms with Crippen LogP contribution in [0.15, 0.2) is 48.5 Å². The molecule has 0 unspecified atom stereocenters. The first-order chi connectivity index (χ1) is 8.88. The van der Waals surface area contributed by atoms with Crippen molar-refractivity contribution in [2.45, 2.75) is 12.7 Å². The number of hydrogen-bond acceptors (Lipinski definition) is 3. The lowest BCUT2D eigenvalue weighted by atomic mass is 10.1. The van der Waals surface area contributed by atoms with Gasteiger partial charge in [0, 0.05) is 17.8 Å². The van der Waals surface area contributed by atoms with Gasteiger partial charge in [-0.15, -0.1) is 0 Å². The highest BCUT2D eigenvalue weighted by Gasteiger charge is 2.20. The molecule has 2 N–H and O–H groups in total. The smallest absolute Gasteiger partial charge is 0.125 e. The summed E-state index contributed by atoms with van der Waals surface area (Å²) in [4.78, 5) is 0. The number of para-hydroxylation sites is 2. The Morgan fingerprint density at radius 2 is 1.83 bits per heavy atom. The molecule has 3 heteroatoms. The maximum atomic E-state index is 5.41. The van der Waals surface area contributed by atoms with Crippen molar-refractivity contribution in [1.82, 2.24) is 5.32 Å². The molecule has 0 fully saturated rings. The predicted molar refractivity (Wildman–Crippen MR) is 72.6 cm³/mol. The monoisotopic (exact) mass is 240 g/mol. The van der Waals surface area contributed by atoms with E-state index in [-0.39, 0.29) is 6.17 Å². The number of methoxy groups -OCH3 is 1. The molecule has 1 heterocycles. The minimum Gasteiger partial charge on any atom is -0.496 e. The largest absolute Gasteiger partial charge is 0.496 e. The predicted octanol–water partition coefficient (Wildman–Crippen LogP) is 2.91. The molecule has 3 rings (SSSR count). The lowest BCUT2D eigenvalue weighted by molar-refractivity contribution is 0.401. The molecule has 1 aliphatic heterocycles. The topological polar surface area (TPSA) is 33.3 Å².